The average Bonchev–Trinajstić information content (AvgIpc) is 3.80. The number of fused-ring (bicyclic) bond motifs is 1. The minimum Gasteiger partial charge on any atom is -0.372 e. The van der Waals surface area contributed by atoms with E-state index in [2.05, 4.69) is 76.1 Å². The van der Waals surface area contributed by atoms with Crippen LogP contribution in [0.2, 0.25) is 0 Å². The Morgan fingerprint density at radius 1 is 1.07 bits per heavy atom. The lowest BCUT2D eigenvalue weighted by Crippen LogP contribution is -2.52. The highest BCUT2D eigenvalue weighted by Crippen LogP contribution is 2.48. The second-order valence-electron chi connectivity index (χ2n) is 14.5. The van der Waals surface area contributed by atoms with Crippen LogP contribution in [-0.2, 0) is 31.1 Å². The van der Waals surface area contributed by atoms with Gasteiger partial charge in [-0.05, 0) is 106 Å². The zero-order valence-corrected chi connectivity index (χ0v) is 30.9. The summed E-state index contributed by atoms with van der Waals surface area (Å²) in [6.07, 6.45) is 4.75. The fourth-order valence-corrected chi connectivity index (χ4v) is 7.59. The molecule has 2 fully saturated rings. The van der Waals surface area contributed by atoms with E-state index in [9.17, 15) is 24.4 Å². The molecule has 4 amide bonds. The minimum atomic E-state index is -0.728. The van der Waals surface area contributed by atoms with E-state index in [0.29, 0.717) is 23.4 Å². The minimum absolute atomic E-state index is 0.134. The summed E-state index contributed by atoms with van der Waals surface area (Å²) < 4.78 is 11.2. The number of carbonyl (C=O) groups excluding carboxylic acids is 4. The predicted octanol–water partition coefficient (Wildman–Crippen LogP) is 6.55. The van der Waals surface area contributed by atoms with Crippen LogP contribution in [-0.4, -0.2) is 59.5 Å². The van der Waals surface area contributed by atoms with Gasteiger partial charge >= 0.3 is 0 Å². The maximum atomic E-state index is 13.1. The van der Waals surface area contributed by atoms with Crippen molar-refractivity contribution in [3.8, 4) is 17.2 Å². The largest absolute Gasteiger partial charge is 0.372 e. The molecule has 0 bridgehead atoms. The molecule has 1 aliphatic carbocycles. The number of hydrogen-bond acceptors (Lipinski definition) is 9. The molecule has 1 saturated carbocycles. The summed E-state index contributed by atoms with van der Waals surface area (Å²) in [6, 6.07) is 21.7. The maximum Gasteiger partial charge on any atom is 0.255 e. The molecule has 3 heterocycles. The van der Waals surface area contributed by atoms with Crippen molar-refractivity contribution in [1.82, 2.24) is 15.4 Å². The van der Waals surface area contributed by atoms with Gasteiger partial charge in [0.25, 0.3) is 5.91 Å². The molecule has 1 aromatic heterocycles. The molecule has 1 atom stereocenters. The molecule has 54 heavy (non-hydrogen) atoms. The Morgan fingerprint density at radius 2 is 1.87 bits per heavy atom. The summed E-state index contributed by atoms with van der Waals surface area (Å²) in [4.78, 5) is 53.9. The van der Waals surface area contributed by atoms with Gasteiger partial charge in [0.05, 0.1) is 17.2 Å². The van der Waals surface area contributed by atoms with Crippen molar-refractivity contribution in [3.05, 3.63) is 94.4 Å². The van der Waals surface area contributed by atoms with Gasteiger partial charge in [-0.25, -0.2) is 0 Å². The number of amides is 4. The number of rotatable bonds is 14. The fraction of sp³-hybridized carbons (Fsp3) is 0.381. The first-order chi connectivity index (χ1) is 26.1. The number of hydrogen-bond donors (Lipinski definition) is 2. The van der Waals surface area contributed by atoms with Crippen LogP contribution in [0.3, 0.4) is 0 Å². The standard InChI is InChI=1S/C42H44N6O6/c1-26-10-11-29(39-27(2)46-54-28(39)3)22-36(26)47(31-14-12-30(13-15-31)42(25-43)18-19-42)20-5-4-6-21-53-24-38(50)44-34-9-7-8-32-33(34)23-48(41(32)52)35-16-17-37(49)45-40(35)51/h7-15,22,35H,4-6,16-21,23-24H2,1-3H3,(H,44,50)(H,45,49,51). The summed E-state index contributed by atoms with van der Waals surface area (Å²) in [5.41, 5.74) is 8.45. The number of ether oxygens (including phenoxy) is 1. The molecule has 3 aliphatic rings. The Hall–Kier alpha value is -5.80. The lowest BCUT2D eigenvalue weighted by Gasteiger charge is -2.29. The van der Waals surface area contributed by atoms with Crippen LogP contribution in [0.5, 0.6) is 0 Å². The molecule has 12 heteroatoms. The second kappa shape index (κ2) is 15.3. The van der Waals surface area contributed by atoms with Gasteiger partial charge in [0, 0.05) is 59.9 Å². The topological polar surface area (TPSA) is 158 Å². The lowest BCUT2D eigenvalue weighted by atomic mass is 9.97. The maximum absolute atomic E-state index is 13.1. The van der Waals surface area contributed by atoms with Crippen LogP contribution in [0.1, 0.15) is 83.4 Å². The van der Waals surface area contributed by atoms with Crippen molar-refractivity contribution in [1.29, 1.82) is 5.26 Å². The van der Waals surface area contributed by atoms with Crippen LogP contribution < -0.4 is 15.5 Å². The summed E-state index contributed by atoms with van der Waals surface area (Å²) in [6.45, 7) is 7.18. The molecule has 0 spiro atoms. The van der Waals surface area contributed by atoms with Gasteiger partial charge in [-0.15, -0.1) is 0 Å². The number of carbonyl (C=O) groups is 4. The van der Waals surface area contributed by atoms with Gasteiger partial charge in [-0.3, -0.25) is 24.5 Å². The third-order valence-electron chi connectivity index (χ3n) is 10.8. The molecule has 3 aromatic carbocycles. The first kappa shape index (κ1) is 36.6. The first-order valence-corrected chi connectivity index (χ1v) is 18.6. The van der Waals surface area contributed by atoms with Crippen molar-refractivity contribution in [2.24, 2.45) is 0 Å². The zero-order valence-electron chi connectivity index (χ0n) is 30.9. The SMILES string of the molecule is Cc1ccc(-c2c(C)noc2C)cc1N(CCCCCOCC(=O)Nc1cccc2c1CN(C1CCC(=O)NC1=O)C2=O)c1ccc(C2(C#N)CC2)cc1. The van der Waals surface area contributed by atoms with Crippen molar-refractivity contribution < 1.29 is 28.4 Å². The van der Waals surface area contributed by atoms with Crippen LogP contribution >= 0.6 is 0 Å². The molecule has 12 nitrogen and oxygen atoms in total. The van der Waals surface area contributed by atoms with Gasteiger partial charge in [-0.1, -0.05) is 35.5 Å². The monoisotopic (exact) mass is 728 g/mol. The predicted molar refractivity (Wildman–Crippen MR) is 202 cm³/mol. The Morgan fingerprint density at radius 3 is 2.57 bits per heavy atom. The summed E-state index contributed by atoms with van der Waals surface area (Å²) in [5, 5.41) is 19.1. The molecule has 0 radical (unpaired) electrons. The highest BCUT2D eigenvalue weighted by atomic mass is 16.5. The van der Waals surface area contributed by atoms with E-state index in [1.807, 2.05) is 13.8 Å². The second-order valence-corrected chi connectivity index (χ2v) is 14.5. The Labute approximate surface area is 314 Å². The number of nitrogens with one attached hydrogen (secondary N) is 2. The Kier molecular flexibility index (Phi) is 10.3. The van der Waals surface area contributed by atoms with Crippen LogP contribution in [0.4, 0.5) is 17.1 Å². The number of aromatic nitrogens is 1. The van der Waals surface area contributed by atoms with E-state index in [0.717, 1.165) is 83.7 Å². The van der Waals surface area contributed by atoms with Gasteiger partial charge in [0.2, 0.25) is 17.7 Å². The Balaban J connectivity index is 0.941. The highest BCUT2D eigenvalue weighted by molar-refractivity contribution is 6.06. The number of unbranched alkanes of at least 4 members (excludes halogenated alkanes) is 2. The number of nitrogens with zero attached hydrogens (tertiary/aromatic N) is 4. The molecular weight excluding hydrogens is 684 g/mol. The van der Waals surface area contributed by atoms with Gasteiger partial charge in [0.15, 0.2) is 0 Å². The number of nitriles is 1. The molecule has 4 aromatic rings. The van der Waals surface area contributed by atoms with Gasteiger partial charge in [-0.2, -0.15) is 5.26 Å². The summed E-state index contributed by atoms with van der Waals surface area (Å²) in [7, 11) is 0. The van der Waals surface area contributed by atoms with E-state index >= 15 is 0 Å². The van der Waals surface area contributed by atoms with Crippen molar-refractivity contribution in [2.45, 2.75) is 83.7 Å². The quantitative estimate of drug-likeness (QED) is 0.109. The van der Waals surface area contributed by atoms with Gasteiger partial charge < -0.3 is 24.4 Å². The van der Waals surface area contributed by atoms with Crippen molar-refractivity contribution in [3.63, 3.8) is 0 Å². The van der Waals surface area contributed by atoms with E-state index in [-0.39, 0.29) is 49.1 Å². The van der Waals surface area contributed by atoms with E-state index in [4.69, 9.17) is 9.26 Å². The average molecular weight is 729 g/mol. The third kappa shape index (κ3) is 7.37. The summed E-state index contributed by atoms with van der Waals surface area (Å²) >= 11 is 0. The number of benzene rings is 3. The normalized spacial score (nSPS) is 17.2. The van der Waals surface area contributed by atoms with Crippen molar-refractivity contribution >= 4 is 40.7 Å². The number of anilines is 3. The smallest absolute Gasteiger partial charge is 0.255 e. The lowest BCUT2D eigenvalue weighted by molar-refractivity contribution is -0.137. The van der Waals surface area contributed by atoms with E-state index in [1.54, 1.807) is 18.2 Å². The number of piperidine rings is 1. The van der Waals surface area contributed by atoms with E-state index in [1.165, 1.54) is 4.90 Å². The van der Waals surface area contributed by atoms with Crippen LogP contribution in [0.15, 0.2) is 65.2 Å². The molecular formula is C42H44N6O6. The summed E-state index contributed by atoms with van der Waals surface area (Å²) in [5.74, 6) is -0.669. The first-order valence-electron chi connectivity index (χ1n) is 18.6. The fourth-order valence-electron chi connectivity index (χ4n) is 7.59. The zero-order chi connectivity index (χ0) is 38.0. The third-order valence-corrected chi connectivity index (χ3v) is 10.8. The molecule has 1 unspecified atom stereocenters. The molecule has 2 N–H and O–H groups in total. The molecule has 1 saturated heterocycles. The highest BCUT2D eigenvalue weighted by Gasteiger charge is 2.45. The molecule has 278 valence electrons. The van der Waals surface area contributed by atoms with Gasteiger partial charge in [0.1, 0.15) is 18.4 Å². The van der Waals surface area contributed by atoms with Crippen LogP contribution in [0, 0.1) is 32.1 Å². The number of imide groups is 1. The molecule has 7 rings (SSSR count). The number of aryl methyl sites for hydroxylation is 3. The van der Waals surface area contributed by atoms with Crippen molar-refractivity contribution in [2.75, 3.05) is 30.0 Å². The Bertz CT molecular complexity index is 2130. The van der Waals surface area contributed by atoms with E-state index < -0.39 is 11.9 Å². The molecule has 2 aliphatic heterocycles. The van der Waals surface area contributed by atoms with Crippen LogP contribution in [0.25, 0.3) is 11.1 Å².